The zero-order valence-corrected chi connectivity index (χ0v) is 16.4. The second-order valence-corrected chi connectivity index (χ2v) is 13.3. The molecule has 4 nitrogen and oxygen atoms in total. The number of hydrogen-bond donors (Lipinski definition) is 2. The Morgan fingerprint density at radius 2 is 1.57 bits per heavy atom. The van der Waals surface area contributed by atoms with E-state index in [0.29, 0.717) is 23.0 Å². The van der Waals surface area contributed by atoms with Gasteiger partial charge in [0.2, 0.25) is 5.91 Å². The van der Waals surface area contributed by atoms with Gasteiger partial charge in [0.15, 0.2) is 0 Å². The first-order chi connectivity index (χ1) is 10.6. The predicted octanol–water partition coefficient (Wildman–Crippen LogP) is 2.98. The third-order valence-electron chi connectivity index (χ3n) is 5.43. The highest BCUT2D eigenvalue weighted by atomic mass is 28.3. The molecule has 1 aliphatic carbocycles. The van der Waals surface area contributed by atoms with Crippen LogP contribution in [0.15, 0.2) is 0 Å². The Bertz CT molecular complexity index is 481. The molecule has 0 saturated heterocycles. The van der Waals surface area contributed by atoms with Crippen molar-refractivity contribution in [3.8, 4) is 11.5 Å². The second-order valence-electron chi connectivity index (χ2n) is 7.73. The molecule has 1 fully saturated rings. The molecule has 130 valence electrons. The Morgan fingerprint density at radius 1 is 1.04 bits per heavy atom. The minimum Gasteiger partial charge on any atom is -0.369 e. The lowest BCUT2D eigenvalue weighted by molar-refractivity contribution is -0.122. The van der Waals surface area contributed by atoms with Crippen LogP contribution in [0.3, 0.4) is 0 Å². The molecule has 0 spiro atoms. The van der Waals surface area contributed by atoms with Crippen molar-refractivity contribution in [2.45, 2.75) is 83.5 Å². The fourth-order valence-electron chi connectivity index (χ4n) is 4.19. The van der Waals surface area contributed by atoms with Gasteiger partial charge in [-0.3, -0.25) is 9.59 Å². The summed E-state index contributed by atoms with van der Waals surface area (Å²) in [7, 11) is -1.87. The highest BCUT2D eigenvalue weighted by Crippen LogP contribution is 2.40. The fraction of sp³-hybridized carbons (Fsp3) is 0.778. The Kier molecular flexibility index (Phi) is 6.88. The van der Waals surface area contributed by atoms with Gasteiger partial charge >= 0.3 is 0 Å². The molecule has 0 heterocycles. The SMILES string of the molecule is CC(C)[Si](C#CC(=O)NC1CCC(C(N)=O)C1)(C(C)C)C(C)C. The first-order valence-corrected chi connectivity index (χ1v) is 11.0. The van der Waals surface area contributed by atoms with E-state index in [1.54, 1.807) is 0 Å². The number of rotatable bonds is 5. The van der Waals surface area contributed by atoms with Gasteiger partial charge < -0.3 is 11.1 Å². The summed E-state index contributed by atoms with van der Waals surface area (Å²) in [6.45, 7) is 13.4. The third kappa shape index (κ3) is 4.60. The average molecular weight is 337 g/mol. The highest BCUT2D eigenvalue weighted by molar-refractivity contribution is 6.90. The van der Waals surface area contributed by atoms with Crippen molar-refractivity contribution in [3.63, 3.8) is 0 Å². The number of primary amides is 1. The van der Waals surface area contributed by atoms with E-state index in [0.717, 1.165) is 12.8 Å². The summed E-state index contributed by atoms with van der Waals surface area (Å²) >= 11 is 0. The van der Waals surface area contributed by atoms with Crippen molar-refractivity contribution in [2.24, 2.45) is 11.7 Å². The zero-order chi connectivity index (χ0) is 17.8. The normalized spacial score (nSPS) is 21.4. The van der Waals surface area contributed by atoms with E-state index in [-0.39, 0.29) is 23.8 Å². The molecule has 1 saturated carbocycles. The van der Waals surface area contributed by atoms with Crippen LogP contribution in [0.5, 0.6) is 0 Å². The summed E-state index contributed by atoms with van der Waals surface area (Å²) in [5, 5.41) is 2.95. The standard InChI is InChI=1S/C18H32N2O2Si/c1-12(2)23(13(3)4,14(5)6)10-9-17(21)20-16-8-7-15(11-16)18(19)22/h12-16H,7-8,11H2,1-6H3,(H2,19,22)(H,20,21). The Labute approximate surface area is 142 Å². The summed E-state index contributed by atoms with van der Waals surface area (Å²) in [5.41, 5.74) is 10.3. The molecule has 5 heteroatoms. The Morgan fingerprint density at radius 3 is 1.96 bits per heavy atom. The summed E-state index contributed by atoms with van der Waals surface area (Å²) < 4.78 is 0. The first kappa shape index (κ1) is 19.8. The van der Waals surface area contributed by atoms with Crippen molar-refractivity contribution < 1.29 is 9.59 Å². The van der Waals surface area contributed by atoms with E-state index >= 15 is 0 Å². The molecule has 2 atom stereocenters. The maximum Gasteiger partial charge on any atom is 0.295 e. The molecule has 3 N–H and O–H groups in total. The number of carbonyl (C=O) groups is 2. The molecule has 0 radical (unpaired) electrons. The van der Waals surface area contributed by atoms with Crippen molar-refractivity contribution in [1.29, 1.82) is 0 Å². The van der Waals surface area contributed by atoms with Crippen LogP contribution in [-0.4, -0.2) is 25.9 Å². The number of nitrogens with two attached hydrogens (primary N) is 1. The van der Waals surface area contributed by atoms with Gasteiger partial charge in [-0.05, 0) is 41.8 Å². The largest absolute Gasteiger partial charge is 0.369 e. The van der Waals surface area contributed by atoms with Gasteiger partial charge in [-0.25, -0.2) is 0 Å². The maximum absolute atomic E-state index is 12.2. The highest BCUT2D eigenvalue weighted by Gasteiger charge is 2.41. The van der Waals surface area contributed by atoms with Crippen molar-refractivity contribution in [1.82, 2.24) is 5.32 Å². The van der Waals surface area contributed by atoms with Gasteiger partial charge in [0.05, 0.1) is 0 Å². The van der Waals surface area contributed by atoms with Gasteiger partial charge in [0.25, 0.3) is 5.91 Å². The summed E-state index contributed by atoms with van der Waals surface area (Å²) in [5.74, 6) is 2.30. The zero-order valence-electron chi connectivity index (χ0n) is 15.4. The van der Waals surface area contributed by atoms with E-state index in [1.807, 2.05) is 0 Å². The van der Waals surface area contributed by atoms with Gasteiger partial charge in [-0.2, -0.15) is 0 Å². The van der Waals surface area contributed by atoms with Crippen LogP contribution in [0.25, 0.3) is 0 Å². The molecule has 0 aromatic carbocycles. The summed E-state index contributed by atoms with van der Waals surface area (Å²) in [6, 6.07) is 0.0301. The van der Waals surface area contributed by atoms with Gasteiger partial charge in [-0.1, -0.05) is 41.5 Å². The molecule has 23 heavy (non-hydrogen) atoms. The van der Waals surface area contributed by atoms with E-state index in [1.165, 1.54) is 0 Å². The van der Waals surface area contributed by atoms with Crippen LogP contribution in [-0.2, 0) is 9.59 Å². The summed E-state index contributed by atoms with van der Waals surface area (Å²) in [4.78, 5) is 23.4. The number of hydrogen-bond acceptors (Lipinski definition) is 2. The van der Waals surface area contributed by atoms with Crippen LogP contribution >= 0.6 is 0 Å². The smallest absolute Gasteiger partial charge is 0.295 e. The van der Waals surface area contributed by atoms with Crippen molar-refractivity contribution >= 4 is 19.9 Å². The van der Waals surface area contributed by atoms with Crippen molar-refractivity contribution in [3.05, 3.63) is 0 Å². The monoisotopic (exact) mass is 336 g/mol. The number of amides is 2. The van der Waals surface area contributed by atoms with Gasteiger partial charge in [0, 0.05) is 12.0 Å². The second kappa shape index (κ2) is 8.01. The number of carbonyl (C=O) groups excluding carboxylic acids is 2. The van der Waals surface area contributed by atoms with E-state index in [9.17, 15) is 9.59 Å². The molecule has 0 aromatic heterocycles. The molecule has 0 aromatic rings. The van der Waals surface area contributed by atoms with Crippen LogP contribution in [0.1, 0.15) is 60.8 Å². The van der Waals surface area contributed by atoms with Crippen LogP contribution in [0, 0.1) is 17.4 Å². The molecule has 0 bridgehead atoms. The predicted molar refractivity (Wildman–Crippen MR) is 97.3 cm³/mol. The van der Waals surface area contributed by atoms with E-state index in [2.05, 4.69) is 58.3 Å². The molecule has 1 rings (SSSR count). The molecule has 2 amide bonds. The molecular formula is C18H32N2O2Si. The maximum atomic E-state index is 12.2. The third-order valence-corrected chi connectivity index (χ3v) is 11.7. The molecular weight excluding hydrogens is 304 g/mol. The quantitative estimate of drug-likeness (QED) is 0.598. The van der Waals surface area contributed by atoms with Crippen LogP contribution in [0.2, 0.25) is 16.6 Å². The molecule has 0 aliphatic heterocycles. The molecule has 1 aliphatic rings. The first-order valence-electron chi connectivity index (χ1n) is 8.74. The molecule has 2 unspecified atom stereocenters. The lowest BCUT2D eigenvalue weighted by atomic mass is 10.1. The lowest BCUT2D eigenvalue weighted by Gasteiger charge is -2.37. The minimum absolute atomic E-state index is 0.0301. The Hall–Kier alpha value is -1.28. The van der Waals surface area contributed by atoms with Crippen LogP contribution in [0.4, 0.5) is 0 Å². The van der Waals surface area contributed by atoms with Gasteiger partial charge in [0.1, 0.15) is 8.07 Å². The fourth-order valence-corrected chi connectivity index (χ4v) is 9.39. The number of nitrogens with one attached hydrogen (secondary N) is 1. The van der Waals surface area contributed by atoms with Gasteiger partial charge in [-0.15, -0.1) is 5.54 Å². The van der Waals surface area contributed by atoms with Crippen LogP contribution < -0.4 is 11.1 Å². The topological polar surface area (TPSA) is 72.2 Å². The van der Waals surface area contributed by atoms with E-state index < -0.39 is 8.07 Å². The lowest BCUT2D eigenvalue weighted by Crippen LogP contribution is -2.43. The average Bonchev–Trinajstić information content (AvgIpc) is 2.86. The Balaban J connectivity index is 2.80. The minimum atomic E-state index is -1.87. The van der Waals surface area contributed by atoms with Crippen molar-refractivity contribution in [2.75, 3.05) is 0 Å². The van der Waals surface area contributed by atoms with E-state index in [4.69, 9.17) is 5.73 Å². The summed E-state index contributed by atoms with van der Waals surface area (Å²) in [6.07, 6.45) is 2.21.